The van der Waals surface area contributed by atoms with Gasteiger partial charge in [0.25, 0.3) is 0 Å². The molecule has 0 spiro atoms. The maximum absolute atomic E-state index is 5.60. The second-order valence-corrected chi connectivity index (χ2v) is 4.06. The third kappa shape index (κ3) is 1.31. The summed E-state index contributed by atoms with van der Waals surface area (Å²) in [6, 6.07) is 9.84. The Morgan fingerprint density at radius 1 is 1.25 bits per heavy atom. The fourth-order valence-electron chi connectivity index (χ4n) is 1.81. The lowest BCUT2D eigenvalue weighted by molar-refractivity contribution is 0.547. The van der Waals surface area contributed by atoms with Crippen molar-refractivity contribution in [2.45, 2.75) is 6.92 Å². The molecule has 0 bridgehead atoms. The minimum atomic E-state index is 0.680. The molecule has 0 aliphatic heterocycles. The summed E-state index contributed by atoms with van der Waals surface area (Å²) in [4.78, 5) is 3.17. The van der Waals surface area contributed by atoms with E-state index in [9.17, 15) is 0 Å². The van der Waals surface area contributed by atoms with Crippen LogP contribution in [-0.2, 0) is 0 Å². The van der Waals surface area contributed by atoms with Gasteiger partial charge in [0.1, 0.15) is 11.5 Å². The van der Waals surface area contributed by atoms with Gasteiger partial charge in [-0.15, -0.1) is 0 Å². The van der Waals surface area contributed by atoms with Crippen LogP contribution in [0.4, 0.5) is 0 Å². The molecule has 3 heterocycles. The number of nitrogens with one attached hydrogen (secondary N) is 1. The molecular formula is C12H10N2OS. The smallest absolute Gasteiger partial charge is 0.182 e. The quantitative estimate of drug-likeness (QED) is 0.648. The molecule has 16 heavy (non-hydrogen) atoms. The lowest BCUT2D eigenvalue weighted by Gasteiger charge is -1.94. The molecule has 80 valence electrons. The second kappa shape index (κ2) is 3.35. The van der Waals surface area contributed by atoms with Gasteiger partial charge >= 0.3 is 0 Å². The molecule has 3 rings (SSSR count). The van der Waals surface area contributed by atoms with Crippen LogP contribution in [0.15, 0.2) is 40.9 Å². The molecule has 0 fully saturated rings. The van der Waals surface area contributed by atoms with E-state index < -0.39 is 0 Å². The summed E-state index contributed by atoms with van der Waals surface area (Å²) < 4.78 is 8.21. The van der Waals surface area contributed by atoms with E-state index >= 15 is 0 Å². The van der Waals surface area contributed by atoms with Crippen molar-refractivity contribution in [2.75, 3.05) is 0 Å². The SMILES string of the molecule is Cc1ccc(-c2[nH]c(=S)n3ccccc23)o1. The minimum Gasteiger partial charge on any atom is -0.460 e. The van der Waals surface area contributed by atoms with E-state index in [2.05, 4.69) is 4.98 Å². The predicted octanol–water partition coefficient (Wildman–Crippen LogP) is 3.57. The van der Waals surface area contributed by atoms with Gasteiger partial charge in [0, 0.05) is 6.20 Å². The topological polar surface area (TPSA) is 33.3 Å². The first-order chi connectivity index (χ1) is 7.75. The summed E-state index contributed by atoms with van der Waals surface area (Å²) >= 11 is 5.25. The summed E-state index contributed by atoms with van der Waals surface area (Å²) in [6.45, 7) is 1.93. The highest BCUT2D eigenvalue weighted by atomic mass is 32.1. The number of fused-ring (bicyclic) bond motifs is 1. The van der Waals surface area contributed by atoms with E-state index in [1.165, 1.54) is 0 Å². The van der Waals surface area contributed by atoms with E-state index in [-0.39, 0.29) is 0 Å². The molecule has 0 aliphatic rings. The van der Waals surface area contributed by atoms with Crippen molar-refractivity contribution >= 4 is 17.7 Å². The summed E-state index contributed by atoms with van der Waals surface area (Å²) in [7, 11) is 0. The first-order valence-electron chi connectivity index (χ1n) is 5.02. The average molecular weight is 230 g/mol. The number of H-pyrrole nitrogens is 1. The van der Waals surface area contributed by atoms with Crippen molar-refractivity contribution in [3.8, 4) is 11.5 Å². The van der Waals surface area contributed by atoms with Gasteiger partial charge in [-0.2, -0.15) is 0 Å². The lowest BCUT2D eigenvalue weighted by Crippen LogP contribution is -1.80. The van der Waals surface area contributed by atoms with Gasteiger partial charge in [-0.25, -0.2) is 0 Å². The highest BCUT2D eigenvalue weighted by Gasteiger charge is 2.09. The van der Waals surface area contributed by atoms with E-state index in [1.807, 2.05) is 47.9 Å². The van der Waals surface area contributed by atoms with Crippen LogP contribution < -0.4 is 0 Å². The number of hydrogen-bond acceptors (Lipinski definition) is 2. The Morgan fingerprint density at radius 3 is 2.88 bits per heavy atom. The molecule has 0 aromatic carbocycles. The molecule has 1 N–H and O–H groups in total. The summed E-state index contributed by atoms with van der Waals surface area (Å²) in [5, 5.41) is 0. The predicted molar refractivity (Wildman–Crippen MR) is 65.0 cm³/mol. The molecular weight excluding hydrogens is 220 g/mol. The number of furan rings is 1. The van der Waals surface area contributed by atoms with E-state index in [1.54, 1.807) is 0 Å². The van der Waals surface area contributed by atoms with Gasteiger partial charge in [-0.1, -0.05) is 6.07 Å². The van der Waals surface area contributed by atoms with Gasteiger partial charge in [0.2, 0.25) is 0 Å². The van der Waals surface area contributed by atoms with Crippen LogP contribution in [0.3, 0.4) is 0 Å². The molecule has 0 radical (unpaired) electrons. The number of rotatable bonds is 1. The molecule has 0 atom stereocenters. The standard InChI is InChI=1S/C12H10N2OS/c1-8-5-6-10(15-8)11-9-4-2-3-7-14(9)12(16)13-11/h2-7H,1H3,(H,13,16). The number of pyridine rings is 1. The van der Waals surface area contributed by atoms with Crippen molar-refractivity contribution in [3.05, 3.63) is 47.1 Å². The minimum absolute atomic E-state index is 0.680. The lowest BCUT2D eigenvalue weighted by atomic mass is 10.3. The molecule has 0 saturated heterocycles. The van der Waals surface area contributed by atoms with Crippen molar-refractivity contribution in [3.63, 3.8) is 0 Å². The molecule has 0 unspecified atom stereocenters. The fraction of sp³-hybridized carbons (Fsp3) is 0.0833. The highest BCUT2D eigenvalue weighted by Crippen LogP contribution is 2.25. The van der Waals surface area contributed by atoms with Crippen LogP contribution in [0.2, 0.25) is 0 Å². The van der Waals surface area contributed by atoms with Gasteiger partial charge < -0.3 is 9.40 Å². The van der Waals surface area contributed by atoms with Crippen molar-refractivity contribution in [1.29, 1.82) is 0 Å². The number of aromatic nitrogens is 2. The van der Waals surface area contributed by atoms with Crippen molar-refractivity contribution < 1.29 is 4.42 Å². The molecule has 3 nitrogen and oxygen atoms in total. The fourth-order valence-corrected chi connectivity index (χ4v) is 2.07. The highest BCUT2D eigenvalue weighted by molar-refractivity contribution is 7.71. The van der Waals surface area contributed by atoms with Gasteiger partial charge in [0.15, 0.2) is 10.5 Å². The van der Waals surface area contributed by atoms with Crippen LogP contribution >= 0.6 is 12.2 Å². The normalized spacial score (nSPS) is 11.1. The Balaban J connectivity index is 2.36. The van der Waals surface area contributed by atoms with Gasteiger partial charge in [-0.05, 0) is 43.4 Å². The first-order valence-corrected chi connectivity index (χ1v) is 5.43. The zero-order valence-corrected chi connectivity index (χ0v) is 9.54. The zero-order valence-electron chi connectivity index (χ0n) is 8.73. The number of hydrogen-bond donors (Lipinski definition) is 1. The maximum atomic E-state index is 5.60. The molecule has 0 saturated carbocycles. The van der Waals surface area contributed by atoms with Gasteiger partial charge in [0.05, 0.1) is 5.52 Å². The van der Waals surface area contributed by atoms with E-state index in [0.717, 1.165) is 22.7 Å². The average Bonchev–Trinajstić information content (AvgIpc) is 2.84. The Bertz CT molecular complexity index is 705. The van der Waals surface area contributed by atoms with Crippen LogP contribution in [0.5, 0.6) is 0 Å². The molecule has 3 aromatic heterocycles. The Hall–Kier alpha value is -1.81. The third-order valence-corrected chi connectivity index (χ3v) is 2.85. The number of imidazole rings is 1. The second-order valence-electron chi connectivity index (χ2n) is 3.67. The van der Waals surface area contributed by atoms with Gasteiger partial charge in [-0.3, -0.25) is 4.40 Å². The Labute approximate surface area is 97.3 Å². The Morgan fingerprint density at radius 2 is 2.12 bits per heavy atom. The van der Waals surface area contributed by atoms with Crippen LogP contribution in [0.1, 0.15) is 5.76 Å². The number of nitrogens with zero attached hydrogens (tertiary/aromatic N) is 1. The van der Waals surface area contributed by atoms with E-state index in [4.69, 9.17) is 16.6 Å². The molecule has 3 aromatic rings. The maximum Gasteiger partial charge on any atom is 0.182 e. The largest absolute Gasteiger partial charge is 0.460 e. The third-order valence-electron chi connectivity index (χ3n) is 2.55. The summed E-state index contributed by atoms with van der Waals surface area (Å²) in [6.07, 6.45) is 1.94. The van der Waals surface area contributed by atoms with Crippen LogP contribution in [-0.4, -0.2) is 9.38 Å². The molecule has 4 heteroatoms. The Kier molecular flexibility index (Phi) is 1.97. The molecule has 0 amide bonds. The van der Waals surface area contributed by atoms with Crippen LogP contribution in [0, 0.1) is 11.7 Å². The number of aryl methyl sites for hydroxylation is 1. The van der Waals surface area contributed by atoms with E-state index in [0.29, 0.717) is 4.77 Å². The summed E-state index contributed by atoms with van der Waals surface area (Å²) in [5.74, 6) is 1.71. The van der Waals surface area contributed by atoms with Crippen molar-refractivity contribution in [1.82, 2.24) is 9.38 Å². The number of aromatic amines is 1. The first kappa shape index (κ1) is 9.42. The summed E-state index contributed by atoms with van der Waals surface area (Å²) in [5.41, 5.74) is 1.96. The van der Waals surface area contributed by atoms with Crippen molar-refractivity contribution in [2.24, 2.45) is 0 Å². The zero-order chi connectivity index (χ0) is 11.1. The molecule has 0 aliphatic carbocycles. The monoisotopic (exact) mass is 230 g/mol. The van der Waals surface area contributed by atoms with Crippen LogP contribution in [0.25, 0.3) is 17.0 Å².